The predicted octanol–water partition coefficient (Wildman–Crippen LogP) is 4.33. The fraction of sp³-hybridized carbons (Fsp3) is 0.571. The molecule has 3 aromatic rings. The van der Waals surface area contributed by atoms with E-state index >= 15 is 0 Å². The van der Waals surface area contributed by atoms with Crippen molar-refractivity contribution in [1.82, 2.24) is 19.7 Å². The van der Waals surface area contributed by atoms with Gasteiger partial charge in [-0.05, 0) is 83.1 Å². The van der Waals surface area contributed by atoms with Gasteiger partial charge >= 0.3 is 6.09 Å². The minimum absolute atomic E-state index is 0.110. The minimum Gasteiger partial charge on any atom is -0.444 e. The summed E-state index contributed by atoms with van der Waals surface area (Å²) >= 11 is 0. The molecule has 1 unspecified atom stereocenters. The Morgan fingerprint density at radius 3 is 2.73 bits per heavy atom. The molecule has 1 aliphatic carbocycles. The van der Waals surface area contributed by atoms with Gasteiger partial charge in [0.05, 0.1) is 16.6 Å². The van der Waals surface area contributed by atoms with Crippen molar-refractivity contribution in [3.8, 4) is 0 Å². The molecule has 3 heterocycles. The van der Waals surface area contributed by atoms with Gasteiger partial charge in [-0.25, -0.2) is 9.48 Å². The van der Waals surface area contributed by atoms with Crippen LogP contribution in [0, 0.1) is 6.92 Å². The van der Waals surface area contributed by atoms with Crippen LogP contribution in [-0.2, 0) is 33.7 Å². The lowest BCUT2D eigenvalue weighted by Crippen LogP contribution is -2.33. The first-order valence-electron chi connectivity index (χ1n) is 13.3. The zero-order valence-corrected chi connectivity index (χ0v) is 22.2. The highest BCUT2D eigenvalue weighted by Crippen LogP contribution is 2.32. The Morgan fingerprint density at radius 2 is 2.00 bits per heavy atom. The largest absolute Gasteiger partial charge is 0.444 e. The van der Waals surface area contributed by atoms with Crippen LogP contribution in [0.2, 0.25) is 0 Å². The third kappa shape index (κ3) is 5.14. The minimum atomic E-state index is -0.571. The number of amides is 1. The number of aromatic nitrogens is 3. The molecule has 9 nitrogen and oxygen atoms in total. The lowest BCUT2D eigenvalue weighted by Gasteiger charge is -2.23. The summed E-state index contributed by atoms with van der Waals surface area (Å²) < 4.78 is 15.0. The quantitative estimate of drug-likeness (QED) is 0.515. The molecular weight excluding hydrogens is 472 g/mol. The summed E-state index contributed by atoms with van der Waals surface area (Å²) in [5.74, 6) is 0.220. The molecular formula is C28H36N4O5. The van der Waals surface area contributed by atoms with Gasteiger partial charge in [0.1, 0.15) is 23.1 Å². The van der Waals surface area contributed by atoms with Crippen LogP contribution in [0.25, 0.3) is 21.8 Å². The number of ether oxygens (including phenoxy) is 2. The van der Waals surface area contributed by atoms with Crippen molar-refractivity contribution in [2.45, 2.75) is 91.0 Å². The normalized spacial score (nSPS) is 18.3. The van der Waals surface area contributed by atoms with Crippen molar-refractivity contribution < 1.29 is 19.1 Å². The van der Waals surface area contributed by atoms with E-state index in [4.69, 9.17) is 14.6 Å². The van der Waals surface area contributed by atoms with Crippen LogP contribution in [0.1, 0.15) is 75.9 Å². The predicted molar refractivity (Wildman–Crippen MR) is 141 cm³/mol. The average molecular weight is 509 g/mol. The molecule has 5 rings (SSSR count). The number of carbonyl (C=O) groups is 2. The maximum atomic E-state index is 13.9. The summed E-state index contributed by atoms with van der Waals surface area (Å²) in [4.78, 5) is 38.1. The first-order chi connectivity index (χ1) is 17.6. The Balaban J connectivity index is 1.55. The number of nitrogens with zero attached hydrogens (tertiary/aromatic N) is 3. The molecule has 1 fully saturated rings. The number of Topliss-reactive ketones (excluding diaryl/α,β-unsaturated/α-hetero) is 1. The number of benzene rings is 1. The summed E-state index contributed by atoms with van der Waals surface area (Å²) in [6.45, 7) is 8.87. The molecule has 0 spiro atoms. The van der Waals surface area contributed by atoms with E-state index < -0.39 is 11.7 Å². The topological polar surface area (TPSA) is 104 Å². The maximum absolute atomic E-state index is 13.9. The van der Waals surface area contributed by atoms with Crippen LogP contribution in [0.3, 0.4) is 0 Å². The standard InChI is InChI=1S/C28H36N4O5/c1-17-24-25(30-32(17)23-8-5-6-13-36-23)21-15-18-9-10-20(33)14-19(18)16-22(21)31(26(24)34)12-7-11-29-27(35)37-28(2,3)4/h15-16,23H,5-14H2,1-4H3,(H,29,35). The second-order valence-corrected chi connectivity index (χ2v) is 11.2. The van der Waals surface area contributed by atoms with E-state index in [2.05, 4.69) is 11.4 Å². The molecule has 0 saturated carbocycles. The van der Waals surface area contributed by atoms with Gasteiger partial charge in [0.15, 0.2) is 0 Å². The monoisotopic (exact) mass is 508 g/mol. The van der Waals surface area contributed by atoms with Gasteiger partial charge in [-0.15, -0.1) is 0 Å². The third-order valence-corrected chi connectivity index (χ3v) is 7.19. The van der Waals surface area contributed by atoms with E-state index in [1.54, 1.807) is 4.57 Å². The molecule has 2 aromatic heterocycles. The molecule has 1 aliphatic heterocycles. The first kappa shape index (κ1) is 25.4. The SMILES string of the molecule is Cc1c2c(=O)n(CCCNC(=O)OC(C)(C)C)c3cc4c(cc3c2nn1C1CCCCO1)CCC(=O)C4. The van der Waals surface area contributed by atoms with Crippen molar-refractivity contribution in [2.75, 3.05) is 13.2 Å². The highest BCUT2D eigenvalue weighted by atomic mass is 16.6. The Kier molecular flexibility index (Phi) is 6.83. The maximum Gasteiger partial charge on any atom is 0.407 e. The molecule has 1 amide bonds. The molecule has 37 heavy (non-hydrogen) atoms. The summed E-state index contributed by atoms with van der Waals surface area (Å²) in [5, 5.41) is 9.22. The van der Waals surface area contributed by atoms with Crippen LogP contribution < -0.4 is 10.9 Å². The highest BCUT2D eigenvalue weighted by Gasteiger charge is 2.26. The lowest BCUT2D eigenvalue weighted by molar-refractivity contribution is -0.118. The molecule has 1 N–H and O–H groups in total. The summed E-state index contributed by atoms with van der Waals surface area (Å²) in [5.41, 5.74) is 3.72. The Labute approximate surface area is 216 Å². The fourth-order valence-corrected chi connectivity index (χ4v) is 5.43. The van der Waals surface area contributed by atoms with E-state index in [0.29, 0.717) is 56.3 Å². The van der Waals surface area contributed by atoms with E-state index in [0.717, 1.165) is 47.0 Å². The fourth-order valence-electron chi connectivity index (χ4n) is 5.43. The summed E-state index contributed by atoms with van der Waals surface area (Å²) in [6, 6.07) is 4.11. The van der Waals surface area contributed by atoms with Crippen molar-refractivity contribution in [3.63, 3.8) is 0 Å². The van der Waals surface area contributed by atoms with Gasteiger partial charge in [-0.1, -0.05) is 0 Å². The van der Waals surface area contributed by atoms with Crippen LogP contribution in [0.5, 0.6) is 0 Å². The molecule has 2 aliphatic rings. The zero-order chi connectivity index (χ0) is 26.3. The van der Waals surface area contributed by atoms with E-state index in [9.17, 15) is 14.4 Å². The van der Waals surface area contributed by atoms with E-state index in [-0.39, 0.29) is 17.6 Å². The molecule has 198 valence electrons. The molecule has 1 atom stereocenters. The number of carbonyl (C=O) groups excluding carboxylic acids is 2. The van der Waals surface area contributed by atoms with Gasteiger partial charge in [0.25, 0.3) is 5.56 Å². The van der Waals surface area contributed by atoms with Crippen molar-refractivity contribution in [2.24, 2.45) is 0 Å². The summed E-state index contributed by atoms with van der Waals surface area (Å²) in [6.07, 6.45) is 4.52. The van der Waals surface area contributed by atoms with Crippen LogP contribution in [0.15, 0.2) is 16.9 Å². The summed E-state index contributed by atoms with van der Waals surface area (Å²) in [7, 11) is 0. The van der Waals surface area contributed by atoms with Crippen molar-refractivity contribution in [3.05, 3.63) is 39.3 Å². The van der Waals surface area contributed by atoms with Gasteiger partial charge in [-0.3, -0.25) is 9.59 Å². The lowest BCUT2D eigenvalue weighted by atomic mass is 9.89. The van der Waals surface area contributed by atoms with E-state index in [1.165, 1.54) is 0 Å². The molecule has 1 saturated heterocycles. The van der Waals surface area contributed by atoms with Crippen molar-refractivity contribution >= 4 is 33.7 Å². The second-order valence-electron chi connectivity index (χ2n) is 11.2. The number of aryl methyl sites for hydroxylation is 3. The number of alkyl carbamates (subject to hydrolysis) is 1. The zero-order valence-electron chi connectivity index (χ0n) is 22.2. The van der Waals surface area contributed by atoms with Crippen molar-refractivity contribution in [1.29, 1.82) is 0 Å². The van der Waals surface area contributed by atoms with Gasteiger partial charge in [-0.2, -0.15) is 5.10 Å². The van der Waals surface area contributed by atoms with Crippen LogP contribution >= 0.6 is 0 Å². The Bertz CT molecular complexity index is 1420. The third-order valence-electron chi connectivity index (χ3n) is 7.19. The first-order valence-corrected chi connectivity index (χ1v) is 13.3. The Morgan fingerprint density at radius 1 is 1.19 bits per heavy atom. The number of ketones is 1. The number of nitrogens with one attached hydrogen (secondary N) is 1. The molecule has 0 radical (unpaired) electrons. The average Bonchev–Trinajstić information content (AvgIpc) is 3.19. The number of pyridine rings is 1. The molecule has 1 aromatic carbocycles. The van der Waals surface area contributed by atoms with Crippen LogP contribution in [0.4, 0.5) is 4.79 Å². The number of fused-ring (bicyclic) bond motifs is 4. The molecule has 0 bridgehead atoms. The number of hydrogen-bond donors (Lipinski definition) is 1. The van der Waals surface area contributed by atoms with Gasteiger partial charge < -0.3 is 19.4 Å². The Hall–Kier alpha value is -3.20. The number of rotatable bonds is 5. The number of hydrogen-bond acceptors (Lipinski definition) is 6. The van der Waals surface area contributed by atoms with Crippen LogP contribution in [-0.4, -0.2) is 45.0 Å². The van der Waals surface area contributed by atoms with E-state index in [1.807, 2.05) is 38.4 Å². The molecule has 9 heteroatoms. The van der Waals surface area contributed by atoms with Gasteiger partial charge in [0.2, 0.25) is 0 Å². The highest BCUT2D eigenvalue weighted by molar-refractivity contribution is 6.05. The van der Waals surface area contributed by atoms with Gasteiger partial charge in [0, 0.05) is 37.9 Å². The smallest absolute Gasteiger partial charge is 0.407 e. The second kappa shape index (κ2) is 9.93.